The number of fused-ring (bicyclic) bond motifs is 1. The molecule has 2 aromatic rings. The van der Waals surface area contributed by atoms with E-state index in [2.05, 4.69) is 32.4 Å². The molecule has 0 saturated carbocycles. The SMILES string of the molecule is CC(C)(CN1CC=CCC1)OC(=O)c1ccc2nc(N)nc(NN)c2c1. The molecule has 0 saturated heterocycles. The third kappa shape index (κ3) is 4.09. The van der Waals surface area contributed by atoms with Crippen LogP contribution in [0.5, 0.6) is 0 Å². The van der Waals surface area contributed by atoms with Crippen LogP contribution in [0.25, 0.3) is 10.9 Å². The molecule has 5 N–H and O–H groups in total. The van der Waals surface area contributed by atoms with Crippen molar-refractivity contribution in [3.8, 4) is 0 Å². The second kappa shape index (κ2) is 7.27. The number of hydrogen-bond acceptors (Lipinski definition) is 8. The van der Waals surface area contributed by atoms with E-state index in [0.29, 0.717) is 28.8 Å². The molecule has 3 rings (SSSR count). The van der Waals surface area contributed by atoms with Crippen molar-refractivity contribution in [1.29, 1.82) is 0 Å². The van der Waals surface area contributed by atoms with Crippen LogP contribution in [0.15, 0.2) is 30.4 Å². The minimum absolute atomic E-state index is 0.109. The lowest BCUT2D eigenvalue weighted by molar-refractivity contribution is -0.0154. The Labute approximate surface area is 152 Å². The molecule has 1 aromatic heterocycles. The van der Waals surface area contributed by atoms with Crippen molar-refractivity contribution >= 4 is 28.6 Å². The summed E-state index contributed by atoms with van der Waals surface area (Å²) in [7, 11) is 0. The lowest BCUT2D eigenvalue weighted by atomic mass is 10.1. The summed E-state index contributed by atoms with van der Waals surface area (Å²) in [6, 6.07) is 5.02. The maximum absolute atomic E-state index is 12.6. The molecule has 0 bridgehead atoms. The van der Waals surface area contributed by atoms with Gasteiger partial charge in [0.15, 0.2) is 5.82 Å². The van der Waals surface area contributed by atoms with Gasteiger partial charge in [-0.05, 0) is 38.5 Å². The van der Waals surface area contributed by atoms with Gasteiger partial charge in [-0.15, -0.1) is 0 Å². The fourth-order valence-corrected chi connectivity index (χ4v) is 3.10. The highest BCUT2D eigenvalue weighted by Gasteiger charge is 2.27. The predicted molar refractivity (Wildman–Crippen MR) is 101 cm³/mol. The number of hydrazine groups is 1. The van der Waals surface area contributed by atoms with Crippen molar-refractivity contribution in [1.82, 2.24) is 14.9 Å². The number of anilines is 2. The summed E-state index contributed by atoms with van der Waals surface area (Å²) < 4.78 is 5.75. The maximum Gasteiger partial charge on any atom is 0.338 e. The van der Waals surface area contributed by atoms with Gasteiger partial charge in [0, 0.05) is 25.0 Å². The monoisotopic (exact) mass is 356 g/mol. The molecule has 0 unspecified atom stereocenters. The molecule has 26 heavy (non-hydrogen) atoms. The molecule has 1 aromatic carbocycles. The first-order valence-corrected chi connectivity index (χ1v) is 8.52. The first-order valence-electron chi connectivity index (χ1n) is 8.52. The molecule has 0 amide bonds. The highest BCUT2D eigenvalue weighted by atomic mass is 16.6. The van der Waals surface area contributed by atoms with Crippen molar-refractivity contribution in [3.63, 3.8) is 0 Å². The molecule has 0 fully saturated rings. The number of benzene rings is 1. The zero-order valence-electron chi connectivity index (χ0n) is 15.0. The predicted octanol–water partition coefficient (Wildman–Crippen LogP) is 1.69. The molecule has 0 spiro atoms. The Bertz CT molecular complexity index is 849. The van der Waals surface area contributed by atoms with E-state index < -0.39 is 11.6 Å². The number of carbonyl (C=O) groups excluding carboxylic acids is 1. The molecule has 1 aliphatic heterocycles. The average molecular weight is 356 g/mol. The van der Waals surface area contributed by atoms with E-state index >= 15 is 0 Å². The van der Waals surface area contributed by atoms with Gasteiger partial charge in [-0.1, -0.05) is 12.2 Å². The Hall–Kier alpha value is -2.71. The van der Waals surface area contributed by atoms with Gasteiger partial charge in [-0.2, -0.15) is 4.98 Å². The minimum Gasteiger partial charge on any atom is -0.455 e. The highest BCUT2D eigenvalue weighted by molar-refractivity contribution is 5.98. The zero-order valence-corrected chi connectivity index (χ0v) is 15.0. The van der Waals surface area contributed by atoms with Gasteiger partial charge in [-0.25, -0.2) is 15.6 Å². The smallest absolute Gasteiger partial charge is 0.338 e. The van der Waals surface area contributed by atoms with Gasteiger partial charge in [0.2, 0.25) is 5.95 Å². The quantitative estimate of drug-likeness (QED) is 0.320. The van der Waals surface area contributed by atoms with Gasteiger partial charge in [0.25, 0.3) is 0 Å². The number of ether oxygens (including phenoxy) is 1. The number of nitrogens with zero attached hydrogens (tertiary/aromatic N) is 3. The fraction of sp³-hybridized carbons (Fsp3) is 0.389. The lowest BCUT2D eigenvalue weighted by Crippen LogP contribution is -2.43. The third-order valence-electron chi connectivity index (χ3n) is 4.20. The van der Waals surface area contributed by atoms with Gasteiger partial charge >= 0.3 is 5.97 Å². The van der Waals surface area contributed by atoms with Crippen LogP contribution in [0.1, 0.15) is 30.6 Å². The van der Waals surface area contributed by atoms with Crippen LogP contribution < -0.4 is 17.0 Å². The Morgan fingerprint density at radius 1 is 1.35 bits per heavy atom. The van der Waals surface area contributed by atoms with Crippen LogP contribution in [0.4, 0.5) is 11.8 Å². The largest absolute Gasteiger partial charge is 0.455 e. The van der Waals surface area contributed by atoms with Crippen LogP contribution in [-0.4, -0.2) is 46.1 Å². The maximum atomic E-state index is 12.6. The van der Waals surface area contributed by atoms with E-state index in [1.165, 1.54) is 0 Å². The molecular formula is C18H24N6O2. The van der Waals surface area contributed by atoms with E-state index in [0.717, 1.165) is 19.5 Å². The summed E-state index contributed by atoms with van der Waals surface area (Å²) >= 11 is 0. The molecule has 8 nitrogen and oxygen atoms in total. The van der Waals surface area contributed by atoms with Crippen molar-refractivity contribution in [3.05, 3.63) is 35.9 Å². The molecule has 138 valence electrons. The van der Waals surface area contributed by atoms with E-state index in [1.807, 2.05) is 13.8 Å². The molecule has 0 radical (unpaired) electrons. The van der Waals surface area contributed by atoms with Gasteiger partial charge in [-0.3, -0.25) is 4.90 Å². The van der Waals surface area contributed by atoms with E-state index in [-0.39, 0.29) is 5.95 Å². The Morgan fingerprint density at radius 2 is 2.15 bits per heavy atom. The lowest BCUT2D eigenvalue weighted by Gasteiger charge is -2.33. The van der Waals surface area contributed by atoms with Crippen LogP contribution in [0.2, 0.25) is 0 Å². The summed E-state index contributed by atoms with van der Waals surface area (Å²) in [6.07, 6.45) is 5.33. The zero-order chi connectivity index (χ0) is 18.7. The highest BCUT2D eigenvalue weighted by Crippen LogP contribution is 2.23. The second-order valence-corrected chi connectivity index (χ2v) is 6.95. The number of esters is 1. The molecule has 8 heteroatoms. The van der Waals surface area contributed by atoms with E-state index in [1.54, 1.807) is 18.2 Å². The fourth-order valence-electron chi connectivity index (χ4n) is 3.10. The number of rotatable bonds is 5. The second-order valence-electron chi connectivity index (χ2n) is 6.95. The van der Waals surface area contributed by atoms with E-state index in [9.17, 15) is 4.79 Å². The molecular weight excluding hydrogens is 332 g/mol. The number of hydrogen-bond donors (Lipinski definition) is 3. The Balaban J connectivity index is 1.78. The molecule has 0 atom stereocenters. The summed E-state index contributed by atoms with van der Waals surface area (Å²) in [5.41, 5.74) is 8.54. The van der Waals surface area contributed by atoms with Crippen molar-refractivity contribution in [2.75, 3.05) is 30.8 Å². The number of aromatic nitrogens is 2. The van der Waals surface area contributed by atoms with Crippen molar-refractivity contribution < 1.29 is 9.53 Å². The van der Waals surface area contributed by atoms with Crippen LogP contribution in [0, 0.1) is 0 Å². The van der Waals surface area contributed by atoms with Crippen LogP contribution >= 0.6 is 0 Å². The van der Waals surface area contributed by atoms with Gasteiger partial charge in [0.05, 0.1) is 11.1 Å². The van der Waals surface area contributed by atoms with Crippen LogP contribution in [0.3, 0.4) is 0 Å². The van der Waals surface area contributed by atoms with E-state index in [4.69, 9.17) is 16.3 Å². The first-order chi connectivity index (χ1) is 12.4. The standard InChI is InChI=1S/C18H24N6O2/c1-18(2,11-24-8-4-3-5-9-24)26-16(25)12-6-7-14-13(10-12)15(23-20)22-17(19)21-14/h3-4,6-7,10H,5,8-9,11,20H2,1-2H3,(H3,19,21,22,23). The summed E-state index contributed by atoms with van der Waals surface area (Å²) in [5.74, 6) is 5.57. The summed E-state index contributed by atoms with van der Waals surface area (Å²) in [5, 5.41) is 0.607. The number of nitrogens with two attached hydrogens (primary N) is 2. The number of nitrogen functional groups attached to an aromatic ring is 2. The first kappa shape index (κ1) is 18.1. The molecule has 1 aliphatic rings. The average Bonchev–Trinajstić information content (AvgIpc) is 2.60. The van der Waals surface area contributed by atoms with Crippen LogP contribution in [-0.2, 0) is 4.74 Å². The normalized spacial score (nSPS) is 15.2. The van der Waals surface area contributed by atoms with Crippen molar-refractivity contribution in [2.24, 2.45) is 5.84 Å². The number of carbonyl (C=O) groups is 1. The Kier molecular flexibility index (Phi) is 5.06. The summed E-state index contributed by atoms with van der Waals surface area (Å²) in [4.78, 5) is 23.1. The molecule has 2 heterocycles. The molecule has 0 aliphatic carbocycles. The van der Waals surface area contributed by atoms with Gasteiger partial charge < -0.3 is 15.9 Å². The summed E-state index contributed by atoms with van der Waals surface area (Å²) in [6.45, 7) is 6.35. The minimum atomic E-state index is -0.607. The third-order valence-corrected chi connectivity index (χ3v) is 4.20. The van der Waals surface area contributed by atoms with Gasteiger partial charge in [0.1, 0.15) is 5.60 Å². The van der Waals surface area contributed by atoms with Crippen molar-refractivity contribution in [2.45, 2.75) is 25.9 Å². The topological polar surface area (TPSA) is 119 Å². The number of nitrogens with one attached hydrogen (secondary N) is 1. The Morgan fingerprint density at radius 3 is 2.85 bits per heavy atom.